The number of likely N-dealkylation sites (tertiary alicyclic amines) is 1. The summed E-state index contributed by atoms with van der Waals surface area (Å²) >= 11 is 0. The van der Waals surface area contributed by atoms with Crippen LogP contribution < -0.4 is 11.1 Å². The van der Waals surface area contributed by atoms with Crippen LogP contribution in [0.4, 0.5) is 5.69 Å². The number of aromatic nitrogens is 2. The first kappa shape index (κ1) is 15.0. The van der Waals surface area contributed by atoms with Gasteiger partial charge in [0.25, 0.3) is 0 Å². The summed E-state index contributed by atoms with van der Waals surface area (Å²) in [5.74, 6) is -0.871. The quantitative estimate of drug-likeness (QED) is 0.784. The molecule has 8 heteroatoms. The molecule has 0 spiro atoms. The minimum atomic E-state index is -0.500. The number of carbonyl (C=O) groups is 3. The molecular formula is C13H19N5O3. The molecule has 1 atom stereocenters. The SMILES string of the molecule is CC(=O)N1CCCC(C(=O)Nc2cnn(CC(N)=O)c2)C1. The lowest BCUT2D eigenvalue weighted by atomic mass is 9.97. The molecule has 1 fully saturated rings. The van der Waals surface area contributed by atoms with Gasteiger partial charge in [-0.05, 0) is 12.8 Å². The summed E-state index contributed by atoms with van der Waals surface area (Å²) in [6.07, 6.45) is 4.59. The molecular weight excluding hydrogens is 274 g/mol. The minimum Gasteiger partial charge on any atom is -0.368 e. The van der Waals surface area contributed by atoms with E-state index in [1.54, 1.807) is 11.1 Å². The third-order valence-electron chi connectivity index (χ3n) is 3.46. The van der Waals surface area contributed by atoms with Crippen LogP contribution in [0.25, 0.3) is 0 Å². The molecule has 3 amide bonds. The molecule has 0 aromatic carbocycles. The molecule has 21 heavy (non-hydrogen) atoms. The van der Waals surface area contributed by atoms with Crippen LogP contribution in [0.2, 0.25) is 0 Å². The summed E-state index contributed by atoms with van der Waals surface area (Å²) in [6, 6.07) is 0. The Morgan fingerprint density at radius 2 is 2.24 bits per heavy atom. The lowest BCUT2D eigenvalue weighted by Gasteiger charge is -2.31. The Morgan fingerprint density at radius 3 is 2.90 bits per heavy atom. The predicted molar refractivity (Wildman–Crippen MR) is 75.0 cm³/mol. The van der Waals surface area contributed by atoms with E-state index < -0.39 is 5.91 Å². The van der Waals surface area contributed by atoms with Gasteiger partial charge in [-0.1, -0.05) is 0 Å². The predicted octanol–water partition coefficient (Wildman–Crippen LogP) is -0.435. The van der Waals surface area contributed by atoms with Crippen molar-refractivity contribution >= 4 is 23.4 Å². The third-order valence-corrected chi connectivity index (χ3v) is 3.46. The second-order valence-corrected chi connectivity index (χ2v) is 5.19. The molecule has 1 aliphatic heterocycles. The lowest BCUT2D eigenvalue weighted by molar-refractivity contribution is -0.132. The van der Waals surface area contributed by atoms with Crippen LogP contribution in [0, 0.1) is 5.92 Å². The number of rotatable bonds is 4. The molecule has 1 saturated heterocycles. The lowest BCUT2D eigenvalue weighted by Crippen LogP contribution is -2.42. The van der Waals surface area contributed by atoms with Crippen molar-refractivity contribution in [2.45, 2.75) is 26.3 Å². The van der Waals surface area contributed by atoms with Crippen LogP contribution in [0.15, 0.2) is 12.4 Å². The first-order valence-corrected chi connectivity index (χ1v) is 6.83. The van der Waals surface area contributed by atoms with Crippen LogP contribution >= 0.6 is 0 Å². The summed E-state index contributed by atoms with van der Waals surface area (Å²) in [5, 5.41) is 6.69. The smallest absolute Gasteiger partial charge is 0.239 e. The van der Waals surface area contributed by atoms with Crippen molar-refractivity contribution < 1.29 is 14.4 Å². The topological polar surface area (TPSA) is 110 Å². The fourth-order valence-electron chi connectivity index (χ4n) is 2.40. The Morgan fingerprint density at radius 1 is 1.48 bits per heavy atom. The molecule has 2 heterocycles. The maximum Gasteiger partial charge on any atom is 0.239 e. The van der Waals surface area contributed by atoms with Gasteiger partial charge in [-0.25, -0.2) is 0 Å². The number of nitrogens with zero attached hydrogens (tertiary/aromatic N) is 3. The maximum absolute atomic E-state index is 12.2. The van der Waals surface area contributed by atoms with Gasteiger partial charge in [0.15, 0.2) is 0 Å². The van der Waals surface area contributed by atoms with E-state index >= 15 is 0 Å². The fraction of sp³-hybridized carbons (Fsp3) is 0.538. The maximum atomic E-state index is 12.2. The minimum absolute atomic E-state index is 0.0122. The molecule has 0 radical (unpaired) electrons. The summed E-state index contributed by atoms with van der Waals surface area (Å²) < 4.78 is 1.36. The van der Waals surface area contributed by atoms with Gasteiger partial charge in [-0.15, -0.1) is 0 Å². The zero-order valence-corrected chi connectivity index (χ0v) is 11.9. The number of anilines is 1. The van der Waals surface area contributed by atoms with Crippen molar-refractivity contribution in [1.29, 1.82) is 0 Å². The summed E-state index contributed by atoms with van der Waals surface area (Å²) in [4.78, 5) is 36.0. The van der Waals surface area contributed by atoms with Crippen LogP contribution in [0.1, 0.15) is 19.8 Å². The second kappa shape index (κ2) is 6.38. The Bertz CT molecular complexity index is 554. The Labute approximate surface area is 122 Å². The van der Waals surface area contributed by atoms with Crippen molar-refractivity contribution in [3.05, 3.63) is 12.4 Å². The Balaban J connectivity index is 1.93. The molecule has 2 rings (SSSR count). The van der Waals surface area contributed by atoms with E-state index in [4.69, 9.17) is 5.73 Å². The fourth-order valence-corrected chi connectivity index (χ4v) is 2.40. The zero-order chi connectivity index (χ0) is 15.4. The number of piperidine rings is 1. The zero-order valence-electron chi connectivity index (χ0n) is 11.9. The molecule has 1 unspecified atom stereocenters. The van der Waals surface area contributed by atoms with Crippen molar-refractivity contribution in [3.63, 3.8) is 0 Å². The van der Waals surface area contributed by atoms with E-state index in [0.29, 0.717) is 18.8 Å². The molecule has 3 N–H and O–H groups in total. The van der Waals surface area contributed by atoms with E-state index in [2.05, 4.69) is 10.4 Å². The van der Waals surface area contributed by atoms with Gasteiger partial charge in [-0.2, -0.15) is 5.10 Å². The largest absolute Gasteiger partial charge is 0.368 e. The van der Waals surface area contributed by atoms with Crippen LogP contribution in [0.3, 0.4) is 0 Å². The highest BCUT2D eigenvalue weighted by Gasteiger charge is 2.27. The summed E-state index contributed by atoms with van der Waals surface area (Å²) in [5.41, 5.74) is 5.59. The molecule has 0 saturated carbocycles. The average molecular weight is 293 g/mol. The number of amides is 3. The second-order valence-electron chi connectivity index (χ2n) is 5.19. The monoisotopic (exact) mass is 293 g/mol. The molecule has 1 aromatic rings. The molecule has 114 valence electrons. The van der Waals surface area contributed by atoms with E-state index in [1.165, 1.54) is 17.8 Å². The highest BCUT2D eigenvalue weighted by Crippen LogP contribution is 2.18. The van der Waals surface area contributed by atoms with Gasteiger partial charge in [0.1, 0.15) is 6.54 Å². The molecule has 8 nitrogen and oxygen atoms in total. The Kier molecular flexibility index (Phi) is 4.56. The summed E-state index contributed by atoms with van der Waals surface area (Å²) in [6.45, 7) is 2.62. The van der Waals surface area contributed by atoms with Crippen molar-refractivity contribution in [1.82, 2.24) is 14.7 Å². The highest BCUT2D eigenvalue weighted by molar-refractivity contribution is 5.93. The molecule has 1 aromatic heterocycles. The van der Waals surface area contributed by atoms with Crippen molar-refractivity contribution in [2.75, 3.05) is 18.4 Å². The number of hydrogen-bond donors (Lipinski definition) is 2. The van der Waals surface area contributed by atoms with Gasteiger partial charge in [0.2, 0.25) is 17.7 Å². The third kappa shape index (κ3) is 4.04. The summed E-state index contributed by atoms with van der Waals surface area (Å²) in [7, 11) is 0. The van der Waals surface area contributed by atoms with Gasteiger partial charge >= 0.3 is 0 Å². The van der Waals surface area contributed by atoms with Crippen LogP contribution in [-0.4, -0.2) is 45.5 Å². The number of primary amides is 1. The Hall–Kier alpha value is -2.38. The van der Waals surface area contributed by atoms with Gasteiger partial charge in [0, 0.05) is 26.2 Å². The van der Waals surface area contributed by atoms with Gasteiger partial charge < -0.3 is 16.0 Å². The van der Waals surface area contributed by atoms with Crippen molar-refractivity contribution in [2.24, 2.45) is 11.7 Å². The van der Waals surface area contributed by atoms with E-state index in [-0.39, 0.29) is 24.3 Å². The van der Waals surface area contributed by atoms with Crippen LogP contribution in [-0.2, 0) is 20.9 Å². The highest BCUT2D eigenvalue weighted by atomic mass is 16.2. The van der Waals surface area contributed by atoms with Gasteiger partial charge in [0.05, 0.1) is 17.8 Å². The number of hydrogen-bond acceptors (Lipinski definition) is 4. The van der Waals surface area contributed by atoms with E-state index in [1.807, 2.05) is 0 Å². The van der Waals surface area contributed by atoms with Crippen molar-refractivity contribution in [3.8, 4) is 0 Å². The van der Waals surface area contributed by atoms with E-state index in [9.17, 15) is 14.4 Å². The van der Waals surface area contributed by atoms with E-state index in [0.717, 1.165) is 12.8 Å². The normalized spacial score (nSPS) is 18.3. The van der Waals surface area contributed by atoms with Gasteiger partial charge in [-0.3, -0.25) is 19.1 Å². The number of nitrogens with two attached hydrogens (primary N) is 1. The standard InChI is InChI=1S/C13H19N5O3/c1-9(19)17-4-2-3-10(6-17)13(21)16-11-5-15-18(7-11)8-12(14)20/h5,7,10H,2-4,6,8H2,1H3,(H2,14,20)(H,16,21). The first-order valence-electron chi connectivity index (χ1n) is 6.83. The average Bonchev–Trinajstić information content (AvgIpc) is 2.85. The molecule has 1 aliphatic rings. The first-order chi connectivity index (χ1) is 9.95. The number of nitrogens with one attached hydrogen (secondary N) is 1. The molecule has 0 aliphatic carbocycles. The number of carbonyl (C=O) groups excluding carboxylic acids is 3. The van der Waals surface area contributed by atoms with Crippen LogP contribution in [0.5, 0.6) is 0 Å². The molecule has 0 bridgehead atoms.